The van der Waals surface area contributed by atoms with Crippen LogP contribution in [0.25, 0.3) is 10.8 Å². The maximum absolute atomic E-state index is 5.73. The molecule has 8 aromatic rings. The molecule has 9 rings (SSSR count). The molecular formula is C50H40Cl2N2NiSi2. The molecule has 7 heteroatoms. The van der Waals surface area contributed by atoms with Crippen LogP contribution in [0.1, 0.15) is 11.1 Å². The topological polar surface area (TPSA) is 24.7 Å². The fourth-order valence-electron chi connectivity index (χ4n) is 8.49. The van der Waals surface area contributed by atoms with Gasteiger partial charge >= 0.3 is 33.0 Å². The molecule has 8 aromatic carbocycles. The minimum atomic E-state index is -2.48. The van der Waals surface area contributed by atoms with Crippen LogP contribution in [-0.4, -0.2) is 27.6 Å². The van der Waals surface area contributed by atoms with E-state index in [2.05, 4.69) is 219 Å². The molecular weight excluding hydrogens is 814 g/mol. The van der Waals surface area contributed by atoms with E-state index in [-0.39, 0.29) is 0 Å². The van der Waals surface area contributed by atoms with Crippen LogP contribution in [-0.2, 0) is 12.7 Å². The second-order valence-corrected chi connectivity index (χ2v) is 23.9. The minimum absolute atomic E-state index is 0.569. The van der Waals surface area contributed by atoms with Crippen molar-refractivity contribution in [3.8, 4) is 0 Å². The summed E-state index contributed by atoms with van der Waals surface area (Å²) < 4.78 is 0. The van der Waals surface area contributed by atoms with Crippen LogP contribution in [0, 0.1) is 0 Å². The molecule has 0 aromatic heterocycles. The van der Waals surface area contributed by atoms with Crippen LogP contribution >= 0.6 is 20.4 Å². The summed E-state index contributed by atoms with van der Waals surface area (Å²) in [6.45, 7) is 4.93. The van der Waals surface area contributed by atoms with Crippen molar-refractivity contribution in [1.29, 1.82) is 0 Å². The molecule has 282 valence electrons. The first-order valence-corrected chi connectivity index (χ1v) is 26.6. The van der Waals surface area contributed by atoms with Crippen LogP contribution < -0.4 is 31.1 Å². The third kappa shape index (κ3) is 7.31. The van der Waals surface area contributed by atoms with Gasteiger partial charge in [-0.25, -0.2) is 9.98 Å². The van der Waals surface area contributed by atoms with Crippen molar-refractivity contribution in [2.24, 2.45) is 9.98 Å². The SMILES string of the molecule is C[Si](c1ccccc1)(c1ccccc1)c1ccccc1N=C1C(=Nc2ccccc2[Si](C)(c2ccccc2)c2ccccc2)c2cccc3cccc1c23.[Cl][Ni][Cl]. The number of benzene rings is 8. The van der Waals surface area contributed by atoms with Crippen molar-refractivity contribution in [2.75, 3.05) is 0 Å². The first-order chi connectivity index (χ1) is 28.0. The van der Waals surface area contributed by atoms with E-state index in [0.29, 0.717) is 12.7 Å². The molecule has 0 atom stereocenters. The Labute approximate surface area is 352 Å². The zero-order valence-corrected chi connectivity index (χ0v) is 36.1. The van der Waals surface area contributed by atoms with Crippen LogP contribution in [0.4, 0.5) is 11.4 Å². The van der Waals surface area contributed by atoms with Crippen molar-refractivity contribution in [1.82, 2.24) is 0 Å². The predicted octanol–water partition coefficient (Wildman–Crippen LogP) is 9.67. The molecule has 0 N–H and O–H groups in total. The van der Waals surface area contributed by atoms with Crippen molar-refractivity contribution in [3.63, 3.8) is 0 Å². The van der Waals surface area contributed by atoms with Gasteiger partial charge in [-0.15, -0.1) is 0 Å². The molecule has 0 saturated carbocycles. The standard InChI is InChI=1S/C50H40N2Si2.2ClH.Ni/c1-53(38-23-7-3-8-24-38,39-25-9-4-10-26-39)46-35-17-15-33-44(46)51-49-42-31-19-21-37-22-20-32-43(48(37)42)50(49)52-45-34-16-18-36-47(45)54(2,40-27-11-5-12-28-40)41-29-13-6-14-30-41;;;/h3-36H,1-2H3;2*1H;/q;;;+2/p-2. The predicted molar refractivity (Wildman–Crippen MR) is 248 cm³/mol. The second-order valence-electron chi connectivity index (χ2n) is 14.4. The molecule has 1 aliphatic rings. The third-order valence-electron chi connectivity index (χ3n) is 11.4. The second kappa shape index (κ2) is 17.2. The summed E-state index contributed by atoms with van der Waals surface area (Å²) in [6.07, 6.45) is 0. The molecule has 0 aliphatic heterocycles. The van der Waals surface area contributed by atoms with Crippen LogP contribution in [0.3, 0.4) is 0 Å². The normalized spacial score (nSPS) is 13.8. The molecule has 1 aliphatic carbocycles. The summed E-state index contributed by atoms with van der Waals surface area (Å²) in [5, 5.41) is 10.4. The van der Waals surface area contributed by atoms with Gasteiger partial charge in [0.05, 0.1) is 22.8 Å². The van der Waals surface area contributed by atoms with Gasteiger partial charge in [0.2, 0.25) is 0 Å². The Hall–Kier alpha value is -5.13. The molecule has 0 spiro atoms. The van der Waals surface area contributed by atoms with E-state index in [1.165, 1.54) is 41.9 Å². The molecule has 0 fully saturated rings. The molecule has 0 amide bonds. The zero-order chi connectivity index (χ0) is 39.2. The van der Waals surface area contributed by atoms with Gasteiger partial charge < -0.3 is 0 Å². The number of halogens is 2. The van der Waals surface area contributed by atoms with E-state index in [1.807, 2.05) is 0 Å². The number of para-hydroxylation sites is 2. The average molecular weight is 855 g/mol. The van der Waals surface area contributed by atoms with Gasteiger partial charge in [-0.2, -0.15) is 0 Å². The van der Waals surface area contributed by atoms with E-state index in [4.69, 9.17) is 30.4 Å². The fraction of sp³-hybridized carbons (Fsp3) is 0.0400. The number of rotatable bonds is 8. The summed E-state index contributed by atoms with van der Waals surface area (Å²) in [5.41, 5.74) is 6.08. The Kier molecular flexibility index (Phi) is 11.7. The molecule has 0 saturated heterocycles. The molecule has 0 bridgehead atoms. The zero-order valence-electron chi connectivity index (χ0n) is 31.6. The van der Waals surface area contributed by atoms with Crippen molar-refractivity contribution >= 4 is 101 Å². The first kappa shape index (κ1) is 38.7. The van der Waals surface area contributed by atoms with Crippen molar-refractivity contribution in [3.05, 3.63) is 217 Å². The maximum atomic E-state index is 5.73. The van der Waals surface area contributed by atoms with E-state index >= 15 is 0 Å². The molecule has 57 heavy (non-hydrogen) atoms. The Balaban J connectivity index is 0.00000147. The van der Waals surface area contributed by atoms with Gasteiger partial charge in [0.1, 0.15) is 16.1 Å². The number of nitrogens with zero attached hydrogens (tertiary/aromatic N) is 2. The summed E-state index contributed by atoms with van der Waals surface area (Å²) in [4.78, 5) is 11.5. The van der Waals surface area contributed by atoms with Gasteiger partial charge in [-0.1, -0.05) is 207 Å². The summed E-state index contributed by atoms with van der Waals surface area (Å²) in [6, 6.07) is 74.8. The number of hydrogen-bond acceptors (Lipinski definition) is 2. The van der Waals surface area contributed by atoms with E-state index in [9.17, 15) is 0 Å². The van der Waals surface area contributed by atoms with Gasteiger partial charge in [-0.3, -0.25) is 0 Å². The van der Waals surface area contributed by atoms with Gasteiger partial charge in [-0.05, 0) is 48.6 Å². The van der Waals surface area contributed by atoms with E-state index in [0.717, 1.165) is 33.9 Å². The van der Waals surface area contributed by atoms with Crippen LogP contribution in [0.15, 0.2) is 216 Å². The Morgan fingerprint density at radius 1 is 0.368 bits per heavy atom. The average Bonchev–Trinajstić information content (AvgIpc) is 3.57. The number of aliphatic imine (C=N–C) groups is 2. The fourth-order valence-corrected chi connectivity index (χ4v) is 16.0. The van der Waals surface area contributed by atoms with E-state index in [1.54, 1.807) is 0 Å². The Morgan fingerprint density at radius 2 is 0.667 bits per heavy atom. The van der Waals surface area contributed by atoms with Gasteiger partial charge in [0.15, 0.2) is 0 Å². The molecule has 0 radical (unpaired) electrons. The first-order valence-electron chi connectivity index (χ1n) is 18.9. The van der Waals surface area contributed by atoms with E-state index < -0.39 is 16.1 Å². The molecule has 0 heterocycles. The summed E-state index contributed by atoms with van der Waals surface area (Å²) in [7, 11) is 4.44. The van der Waals surface area contributed by atoms with Crippen molar-refractivity contribution in [2.45, 2.75) is 13.1 Å². The third-order valence-corrected chi connectivity index (χ3v) is 20.3. The summed E-state index contributed by atoms with van der Waals surface area (Å²) in [5.74, 6) is 0. The monoisotopic (exact) mass is 852 g/mol. The van der Waals surface area contributed by atoms with Gasteiger partial charge in [0, 0.05) is 16.5 Å². The Morgan fingerprint density at radius 3 is 1.00 bits per heavy atom. The molecule has 0 unspecified atom stereocenters. The quantitative estimate of drug-likeness (QED) is 0.108. The molecule has 2 nitrogen and oxygen atoms in total. The van der Waals surface area contributed by atoms with Crippen LogP contribution in [0.5, 0.6) is 0 Å². The van der Waals surface area contributed by atoms with Gasteiger partial charge in [0.25, 0.3) is 0 Å². The number of hydrogen-bond donors (Lipinski definition) is 0. The van der Waals surface area contributed by atoms with Crippen LogP contribution in [0.2, 0.25) is 13.1 Å². The van der Waals surface area contributed by atoms with Crippen molar-refractivity contribution < 1.29 is 12.7 Å². The Bertz CT molecular complexity index is 2450. The summed E-state index contributed by atoms with van der Waals surface area (Å²) >= 11 is 0.569.